The van der Waals surface area contributed by atoms with Gasteiger partial charge in [0.1, 0.15) is 0 Å². The number of hydrogen-bond donors (Lipinski definition) is 0. The summed E-state index contributed by atoms with van der Waals surface area (Å²) < 4.78 is 2.31. The van der Waals surface area contributed by atoms with E-state index in [-0.39, 0.29) is 0 Å². The van der Waals surface area contributed by atoms with Crippen molar-refractivity contribution in [2.24, 2.45) is 0 Å². The van der Waals surface area contributed by atoms with Crippen molar-refractivity contribution in [3.63, 3.8) is 0 Å². The maximum atomic E-state index is 3.70. The van der Waals surface area contributed by atoms with Crippen LogP contribution in [0.15, 0.2) is 69.6 Å². The Morgan fingerprint density at radius 1 is 0.409 bits per heavy atom. The zero-order valence-electron chi connectivity index (χ0n) is 11.5. The first-order valence-electron chi connectivity index (χ1n) is 7.19. The van der Waals surface area contributed by atoms with Crippen LogP contribution in [0.4, 0.5) is 0 Å². The van der Waals surface area contributed by atoms with E-state index in [1.807, 2.05) is 0 Å². The van der Waals surface area contributed by atoms with Gasteiger partial charge in [-0.15, -0.1) is 0 Å². The van der Waals surface area contributed by atoms with Gasteiger partial charge in [-0.2, -0.15) is 0 Å². The van der Waals surface area contributed by atoms with Gasteiger partial charge in [0, 0.05) is 8.95 Å². The molecule has 0 N–H and O–H groups in total. The van der Waals surface area contributed by atoms with Crippen molar-refractivity contribution in [1.82, 2.24) is 0 Å². The van der Waals surface area contributed by atoms with Crippen LogP contribution < -0.4 is 0 Å². The number of halogens is 2. The fraction of sp³-hybridized carbons (Fsp3) is 0. The molecule has 0 unspecified atom stereocenters. The van der Waals surface area contributed by atoms with E-state index in [9.17, 15) is 0 Å². The van der Waals surface area contributed by atoms with Crippen molar-refractivity contribution in [1.29, 1.82) is 0 Å². The van der Waals surface area contributed by atoms with E-state index in [1.165, 1.54) is 43.1 Å². The minimum atomic E-state index is 1.15. The minimum absolute atomic E-state index is 1.15. The van der Waals surface area contributed by atoms with Crippen LogP contribution in [0.5, 0.6) is 0 Å². The molecule has 0 saturated carbocycles. The van der Waals surface area contributed by atoms with Crippen molar-refractivity contribution >= 4 is 74.9 Å². The van der Waals surface area contributed by atoms with Crippen molar-refractivity contribution in [3.8, 4) is 0 Å². The largest absolute Gasteiger partial charge is 0.0610 e. The molecule has 22 heavy (non-hydrogen) atoms. The lowest BCUT2D eigenvalue weighted by Gasteiger charge is -2.15. The molecule has 0 fully saturated rings. The highest BCUT2D eigenvalue weighted by Gasteiger charge is 2.14. The van der Waals surface area contributed by atoms with Crippen molar-refractivity contribution < 1.29 is 0 Å². The summed E-state index contributed by atoms with van der Waals surface area (Å²) in [6.07, 6.45) is 0. The Morgan fingerprint density at radius 3 is 1.23 bits per heavy atom. The molecule has 0 aromatic heterocycles. The fourth-order valence-electron chi connectivity index (χ4n) is 3.64. The van der Waals surface area contributed by atoms with Gasteiger partial charge in [0.2, 0.25) is 0 Å². The Morgan fingerprint density at radius 2 is 0.773 bits per heavy atom. The normalized spacial score (nSPS) is 12.1. The quantitative estimate of drug-likeness (QED) is 0.186. The van der Waals surface area contributed by atoms with Crippen LogP contribution in [0.2, 0.25) is 0 Å². The van der Waals surface area contributed by atoms with E-state index < -0.39 is 0 Å². The van der Waals surface area contributed by atoms with E-state index >= 15 is 0 Å². The molecule has 0 atom stereocenters. The van der Waals surface area contributed by atoms with E-state index in [1.54, 1.807) is 0 Å². The fourth-order valence-corrected chi connectivity index (χ4v) is 4.57. The second kappa shape index (κ2) is 4.43. The molecule has 5 aromatic rings. The molecule has 0 aliphatic heterocycles. The molecule has 0 amide bonds. The Labute approximate surface area is 144 Å². The van der Waals surface area contributed by atoms with Crippen LogP contribution in [-0.4, -0.2) is 0 Å². The average molecular weight is 410 g/mol. The van der Waals surface area contributed by atoms with E-state index in [2.05, 4.69) is 92.5 Å². The SMILES string of the molecule is Brc1ccc2c3ccc(Br)c4cccc(c5cccc1c52)c43. The summed E-state index contributed by atoms with van der Waals surface area (Å²) in [5.41, 5.74) is 0. The van der Waals surface area contributed by atoms with Gasteiger partial charge in [-0.1, -0.05) is 80.4 Å². The number of benzene rings is 5. The third-order valence-electron chi connectivity index (χ3n) is 4.56. The molecule has 0 spiro atoms. The highest BCUT2D eigenvalue weighted by atomic mass is 79.9. The molecule has 5 aromatic carbocycles. The van der Waals surface area contributed by atoms with Gasteiger partial charge in [0.25, 0.3) is 0 Å². The molecule has 0 aliphatic rings. The summed E-state index contributed by atoms with van der Waals surface area (Å²) in [5.74, 6) is 0. The zero-order valence-corrected chi connectivity index (χ0v) is 14.7. The number of hydrogen-bond acceptors (Lipinski definition) is 0. The first kappa shape index (κ1) is 12.9. The molecular weight excluding hydrogens is 400 g/mol. The molecule has 0 saturated heterocycles. The summed E-state index contributed by atoms with van der Waals surface area (Å²) in [7, 11) is 0. The molecule has 0 heterocycles. The van der Waals surface area contributed by atoms with Gasteiger partial charge in [-0.25, -0.2) is 0 Å². The molecule has 0 aliphatic carbocycles. The van der Waals surface area contributed by atoms with Crippen LogP contribution >= 0.6 is 31.9 Å². The van der Waals surface area contributed by atoms with Crippen LogP contribution in [-0.2, 0) is 0 Å². The molecule has 0 radical (unpaired) electrons. The smallest absolute Gasteiger partial charge is 0.0254 e. The second-order valence-corrected chi connectivity index (χ2v) is 7.35. The van der Waals surface area contributed by atoms with Gasteiger partial charge in [0.05, 0.1) is 0 Å². The third kappa shape index (κ3) is 1.52. The molecule has 104 valence electrons. The van der Waals surface area contributed by atoms with Gasteiger partial charge in [0.15, 0.2) is 0 Å². The number of rotatable bonds is 0. The summed E-state index contributed by atoms with van der Waals surface area (Å²) in [5, 5.41) is 10.5. The monoisotopic (exact) mass is 408 g/mol. The Bertz CT molecular complexity index is 1070. The minimum Gasteiger partial charge on any atom is -0.0610 e. The lowest BCUT2D eigenvalue weighted by Crippen LogP contribution is -1.87. The first-order chi connectivity index (χ1) is 10.8. The summed E-state index contributed by atoms with van der Waals surface area (Å²) >= 11 is 7.40. The van der Waals surface area contributed by atoms with Gasteiger partial charge < -0.3 is 0 Å². The Kier molecular flexibility index (Phi) is 2.59. The maximum Gasteiger partial charge on any atom is 0.0254 e. The molecule has 0 bridgehead atoms. The molecule has 2 heteroatoms. The van der Waals surface area contributed by atoms with E-state index in [0.29, 0.717) is 0 Å². The lowest BCUT2D eigenvalue weighted by molar-refractivity contribution is 1.74. The van der Waals surface area contributed by atoms with Crippen molar-refractivity contribution in [3.05, 3.63) is 69.6 Å². The third-order valence-corrected chi connectivity index (χ3v) is 5.94. The summed E-state index contributed by atoms with van der Waals surface area (Å²) in [6, 6.07) is 21.9. The van der Waals surface area contributed by atoms with Crippen molar-refractivity contribution in [2.75, 3.05) is 0 Å². The predicted molar refractivity (Wildman–Crippen MR) is 103 cm³/mol. The Balaban J connectivity index is 2.28. The lowest BCUT2D eigenvalue weighted by atomic mass is 9.90. The second-order valence-electron chi connectivity index (χ2n) is 5.65. The van der Waals surface area contributed by atoms with Crippen LogP contribution in [0.25, 0.3) is 43.1 Å². The highest BCUT2D eigenvalue weighted by molar-refractivity contribution is 9.11. The maximum absolute atomic E-state index is 3.70. The first-order valence-corrected chi connectivity index (χ1v) is 8.77. The Hall–Kier alpha value is -1.64. The standard InChI is InChI=1S/C20H10Br2/c21-17-9-7-13-14-8-10-18(22)16-6-2-4-12(20(14)16)11-3-1-5-15(17)19(11)13/h1-10H. The predicted octanol–water partition coefficient (Wildman–Crippen LogP) is 7.26. The molecule has 0 nitrogen and oxygen atoms in total. The molecule has 5 rings (SSSR count). The molecular formula is C20H10Br2. The summed E-state index contributed by atoms with van der Waals surface area (Å²) in [4.78, 5) is 0. The zero-order chi connectivity index (χ0) is 14.8. The van der Waals surface area contributed by atoms with Gasteiger partial charge in [-0.3, -0.25) is 0 Å². The topological polar surface area (TPSA) is 0 Å². The van der Waals surface area contributed by atoms with E-state index in [0.717, 1.165) is 8.95 Å². The summed E-state index contributed by atoms with van der Waals surface area (Å²) in [6.45, 7) is 0. The van der Waals surface area contributed by atoms with Crippen LogP contribution in [0.3, 0.4) is 0 Å². The van der Waals surface area contributed by atoms with E-state index in [4.69, 9.17) is 0 Å². The number of fused-ring (bicyclic) bond motifs is 2. The van der Waals surface area contributed by atoms with Crippen LogP contribution in [0.1, 0.15) is 0 Å². The highest BCUT2D eigenvalue weighted by Crippen LogP contribution is 2.43. The van der Waals surface area contributed by atoms with Gasteiger partial charge in [-0.05, 0) is 55.2 Å². The van der Waals surface area contributed by atoms with Crippen LogP contribution in [0, 0.1) is 0 Å². The van der Waals surface area contributed by atoms with Gasteiger partial charge >= 0.3 is 0 Å². The average Bonchev–Trinajstić information content (AvgIpc) is 2.56. The van der Waals surface area contributed by atoms with Crippen molar-refractivity contribution in [2.45, 2.75) is 0 Å².